The number of Topliss-reactive ketones (excluding diaryl/α,β-unsaturated/α-hetero) is 2. The van der Waals surface area contributed by atoms with E-state index < -0.39 is 23.4 Å². The normalized spacial score (nSPS) is 24.2. The number of fused-ring (bicyclic) bond motifs is 6. The van der Waals surface area contributed by atoms with Gasteiger partial charge in [-0.05, 0) is 47.5 Å². The van der Waals surface area contributed by atoms with Crippen LogP contribution in [0.25, 0.3) is 6.08 Å². The van der Waals surface area contributed by atoms with Gasteiger partial charge in [0.1, 0.15) is 11.5 Å². The average molecular weight is 576 g/mol. The van der Waals surface area contributed by atoms with E-state index in [4.69, 9.17) is 0 Å². The molecule has 6 nitrogen and oxygen atoms in total. The molecule has 39 heavy (non-hydrogen) atoms. The summed E-state index contributed by atoms with van der Waals surface area (Å²) in [6, 6.07) is 24.3. The van der Waals surface area contributed by atoms with Gasteiger partial charge in [-0.25, -0.2) is 0 Å². The Kier molecular flexibility index (Phi) is 5.39. The zero-order valence-electron chi connectivity index (χ0n) is 20.6. The molecule has 4 heterocycles. The van der Waals surface area contributed by atoms with Crippen molar-refractivity contribution in [3.63, 3.8) is 0 Å². The second kappa shape index (κ2) is 8.85. The lowest BCUT2D eigenvalue weighted by Gasteiger charge is -2.37. The molecule has 1 fully saturated rings. The van der Waals surface area contributed by atoms with Gasteiger partial charge in [0.2, 0.25) is 5.91 Å². The summed E-state index contributed by atoms with van der Waals surface area (Å²) in [4.78, 5) is 49.6. The van der Waals surface area contributed by atoms with Crippen molar-refractivity contribution >= 4 is 50.9 Å². The Morgan fingerprint density at radius 3 is 2.44 bits per heavy atom. The number of hydrogen-bond acceptors (Lipinski definition) is 5. The molecule has 0 bridgehead atoms. The Hall–Kier alpha value is -4.36. The van der Waals surface area contributed by atoms with Gasteiger partial charge < -0.3 is 10.2 Å². The molecule has 0 unspecified atom stereocenters. The van der Waals surface area contributed by atoms with Crippen LogP contribution in [-0.4, -0.2) is 34.5 Å². The minimum absolute atomic E-state index is 0.214. The van der Waals surface area contributed by atoms with Crippen LogP contribution in [0.4, 0.5) is 11.4 Å². The number of nitrogens with zero attached hydrogens (tertiary/aromatic N) is 2. The van der Waals surface area contributed by atoms with Gasteiger partial charge in [-0.2, -0.15) is 0 Å². The summed E-state index contributed by atoms with van der Waals surface area (Å²) in [6.07, 6.45) is 7.08. The first kappa shape index (κ1) is 23.7. The highest BCUT2D eigenvalue weighted by Gasteiger charge is 2.70. The second-order valence-corrected chi connectivity index (χ2v) is 11.0. The van der Waals surface area contributed by atoms with Crippen LogP contribution in [0, 0.1) is 5.92 Å². The Balaban J connectivity index is 1.54. The Morgan fingerprint density at radius 2 is 1.64 bits per heavy atom. The van der Waals surface area contributed by atoms with E-state index in [-0.39, 0.29) is 17.5 Å². The molecule has 0 radical (unpaired) electrons. The molecule has 190 valence electrons. The topological polar surface area (TPSA) is 79.4 Å². The number of halogens is 1. The largest absolute Gasteiger partial charge is 0.352 e. The zero-order valence-corrected chi connectivity index (χ0v) is 22.2. The van der Waals surface area contributed by atoms with Crippen LogP contribution in [0.1, 0.15) is 31.8 Å². The lowest BCUT2D eigenvalue weighted by atomic mass is 9.64. The molecular weight excluding hydrogens is 554 g/mol. The molecule has 0 saturated carbocycles. The van der Waals surface area contributed by atoms with Crippen LogP contribution in [0.3, 0.4) is 0 Å². The first-order valence-corrected chi connectivity index (χ1v) is 13.5. The predicted molar refractivity (Wildman–Crippen MR) is 153 cm³/mol. The van der Waals surface area contributed by atoms with E-state index in [0.717, 1.165) is 21.3 Å². The maximum atomic E-state index is 14.6. The predicted octanol–water partition coefficient (Wildman–Crippen LogP) is 5.70. The van der Waals surface area contributed by atoms with E-state index in [0.29, 0.717) is 16.8 Å². The molecule has 0 aliphatic carbocycles. The number of rotatable bonds is 4. The van der Waals surface area contributed by atoms with Gasteiger partial charge in [0.05, 0.1) is 12.0 Å². The van der Waals surface area contributed by atoms with Gasteiger partial charge in [-0.1, -0.05) is 76.6 Å². The molecule has 1 saturated heterocycles. The van der Waals surface area contributed by atoms with Crippen LogP contribution < -0.4 is 10.2 Å². The highest BCUT2D eigenvalue weighted by molar-refractivity contribution is 9.10. The molecule has 1 amide bonds. The summed E-state index contributed by atoms with van der Waals surface area (Å²) < 4.78 is 0.846. The Morgan fingerprint density at radius 1 is 0.872 bits per heavy atom. The number of carbonyl (C=O) groups is 3. The summed E-state index contributed by atoms with van der Waals surface area (Å²) >= 11 is 3.45. The fraction of sp³-hybridized carbons (Fsp3) is 0.125. The minimum atomic E-state index is -1.33. The number of hydrogen-bond donors (Lipinski definition) is 1. The lowest BCUT2D eigenvalue weighted by molar-refractivity contribution is -0.121. The van der Waals surface area contributed by atoms with Crippen molar-refractivity contribution in [3.05, 3.63) is 130 Å². The fourth-order valence-corrected chi connectivity index (χ4v) is 6.86. The summed E-state index contributed by atoms with van der Waals surface area (Å²) in [5.41, 5.74) is 2.64. The molecule has 4 aromatic rings. The van der Waals surface area contributed by atoms with Crippen molar-refractivity contribution in [2.75, 3.05) is 10.2 Å². The monoisotopic (exact) mass is 575 g/mol. The van der Waals surface area contributed by atoms with Gasteiger partial charge in [0.15, 0.2) is 11.6 Å². The van der Waals surface area contributed by atoms with Crippen LogP contribution in [0.5, 0.6) is 0 Å². The Labute approximate surface area is 233 Å². The van der Waals surface area contributed by atoms with Gasteiger partial charge in [-0.15, -0.1) is 0 Å². The molecule has 7 rings (SSSR count). The number of pyridine rings is 1. The number of para-hydroxylation sites is 2. The number of amides is 1. The third-order valence-corrected chi connectivity index (χ3v) is 8.70. The van der Waals surface area contributed by atoms with Crippen molar-refractivity contribution in [3.8, 4) is 0 Å². The van der Waals surface area contributed by atoms with Crippen LogP contribution in [0.15, 0.2) is 108 Å². The third-order valence-electron chi connectivity index (χ3n) is 8.17. The van der Waals surface area contributed by atoms with Crippen molar-refractivity contribution in [1.29, 1.82) is 0 Å². The van der Waals surface area contributed by atoms with Gasteiger partial charge >= 0.3 is 0 Å². The van der Waals surface area contributed by atoms with E-state index in [2.05, 4.69) is 26.2 Å². The number of nitrogens with one attached hydrogen (secondary N) is 1. The molecule has 1 spiro atoms. The standard InChI is InChI=1S/C32H22BrN3O3/c33-22-14-11-20(12-15-22)30(38)28-27(29(37)21-7-5-17-34-18-21)32(23-8-2-3-9-24(23)35-31(32)39)26-16-13-19-6-1-4-10-25(19)36(26)28/h1-18,26-28H,(H,35,39)/t26-,27+,28-,32-/m0/s1. The molecule has 1 N–H and O–H groups in total. The number of carbonyl (C=O) groups excluding carboxylic acids is 3. The highest BCUT2D eigenvalue weighted by Crippen LogP contribution is 2.58. The lowest BCUT2D eigenvalue weighted by Crippen LogP contribution is -2.51. The summed E-state index contributed by atoms with van der Waals surface area (Å²) in [7, 11) is 0. The van der Waals surface area contributed by atoms with E-state index in [1.54, 1.807) is 30.5 Å². The molecule has 3 aliphatic heterocycles. The van der Waals surface area contributed by atoms with E-state index >= 15 is 0 Å². The number of aromatic nitrogens is 1. The molecule has 3 aromatic carbocycles. The molecule has 3 aliphatic rings. The van der Waals surface area contributed by atoms with Gasteiger partial charge in [-0.3, -0.25) is 19.4 Å². The average Bonchev–Trinajstić information content (AvgIpc) is 3.45. The van der Waals surface area contributed by atoms with E-state index in [1.165, 1.54) is 6.20 Å². The number of benzene rings is 3. The first-order chi connectivity index (χ1) is 19.0. The quantitative estimate of drug-likeness (QED) is 0.316. The van der Waals surface area contributed by atoms with Gasteiger partial charge in [0, 0.05) is 39.4 Å². The van der Waals surface area contributed by atoms with Crippen molar-refractivity contribution in [2.24, 2.45) is 5.92 Å². The minimum Gasteiger partial charge on any atom is -0.352 e. The van der Waals surface area contributed by atoms with E-state index in [9.17, 15) is 14.4 Å². The maximum absolute atomic E-state index is 14.6. The van der Waals surface area contributed by atoms with Crippen molar-refractivity contribution in [2.45, 2.75) is 17.5 Å². The van der Waals surface area contributed by atoms with Crippen LogP contribution in [0.2, 0.25) is 0 Å². The van der Waals surface area contributed by atoms with Crippen molar-refractivity contribution in [1.82, 2.24) is 4.98 Å². The molecular formula is C32H22BrN3O3. The third kappa shape index (κ3) is 3.32. The zero-order chi connectivity index (χ0) is 26.7. The van der Waals surface area contributed by atoms with Crippen LogP contribution >= 0.6 is 15.9 Å². The molecule has 1 aromatic heterocycles. The smallest absolute Gasteiger partial charge is 0.238 e. The highest BCUT2D eigenvalue weighted by atomic mass is 79.9. The Bertz CT molecular complexity index is 1680. The fourth-order valence-electron chi connectivity index (χ4n) is 6.59. The maximum Gasteiger partial charge on any atom is 0.238 e. The molecule has 7 heteroatoms. The molecule has 4 atom stereocenters. The summed E-state index contributed by atoms with van der Waals surface area (Å²) in [5.74, 6) is -1.79. The number of anilines is 2. The second-order valence-electron chi connectivity index (χ2n) is 10.0. The van der Waals surface area contributed by atoms with E-state index in [1.807, 2.05) is 77.7 Å². The van der Waals surface area contributed by atoms with Gasteiger partial charge in [0.25, 0.3) is 0 Å². The summed E-state index contributed by atoms with van der Waals surface area (Å²) in [5, 5.41) is 3.05. The van der Waals surface area contributed by atoms with Crippen LogP contribution in [-0.2, 0) is 10.2 Å². The first-order valence-electron chi connectivity index (χ1n) is 12.7. The SMILES string of the molecule is O=C(c1ccc(Br)cc1)[C@@H]1[C@H](C(=O)c2cccnc2)[C@@]2(C(=O)Nc3ccccc32)[C@@H]2C=Cc3ccccc3N12. The summed E-state index contributed by atoms with van der Waals surface area (Å²) in [6.45, 7) is 0. The van der Waals surface area contributed by atoms with Crippen molar-refractivity contribution < 1.29 is 14.4 Å². The number of ketones is 2.